The van der Waals surface area contributed by atoms with E-state index >= 15 is 0 Å². The maximum atomic E-state index is 4.29. The molecule has 0 aliphatic carbocycles. The molecular formula is C8H7BrN4. The summed E-state index contributed by atoms with van der Waals surface area (Å²) >= 11 is 3.31. The van der Waals surface area contributed by atoms with Crippen LogP contribution in [0.5, 0.6) is 0 Å². The fraction of sp³-hybridized carbons (Fsp3) is 0.125. The Morgan fingerprint density at radius 2 is 2.23 bits per heavy atom. The number of nitrogens with zero attached hydrogens (tertiary/aromatic N) is 4. The quantitative estimate of drug-likeness (QED) is 0.710. The highest BCUT2D eigenvalue weighted by Crippen LogP contribution is 2.16. The summed E-state index contributed by atoms with van der Waals surface area (Å²) in [6.07, 6.45) is 1.69. The van der Waals surface area contributed by atoms with Crippen LogP contribution < -0.4 is 0 Å². The van der Waals surface area contributed by atoms with Gasteiger partial charge in [0.25, 0.3) is 0 Å². The molecule has 66 valence electrons. The van der Waals surface area contributed by atoms with Crippen molar-refractivity contribution >= 4 is 15.9 Å². The standard InChI is InChI=1S/C8H7BrN4/c1-13-7(5-10-12-13)6-3-2-4-8(9)11-6/h2-5H,1H3. The summed E-state index contributed by atoms with van der Waals surface area (Å²) < 4.78 is 2.50. The molecule has 0 amide bonds. The first-order valence-electron chi connectivity index (χ1n) is 3.75. The van der Waals surface area contributed by atoms with Crippen LogP contribution in [0.25, 0.3) is 11.4 Å². The first-order chi connectivity index (χ1) is 6.27. The van der Waals surface area contributed by atoms with Gasteiger partial charge < -0.3 is 0 Å². The second-order valence-electron chi connectivity index (χ2n) is 2.59. The molecule has 4 nitrogen and oxygen atoms in total. The van der Waals surface area contributed by atoms with Crippen molar-refractivity contribution in [3.8, 4) is 11.4 Å². The Morgan fingerprint density at radius 1 is 1.38 bits per heavy atom. The zero-order chi connectivity index (χ0) is 9.26. The molecule has 5 heteroatoms. The second-order valence-corrected chi connectivity index (χ2v) is 3.40. The molecule has 0 aromatic carbocycles. The van der Waals surface area contributed by atoms with E-state index in [2.05, 4.69) is 31.2 Å². The smallest absolute Gasteiger partial charge is 0.107 e. The number of hydrogen-bond acceptors (Lipinski definition) is 3. The van der Waals surface area contributed by atoms with E-state index in [0.717, 1.165) is 16.0 Å². The van der Waals surface area contributed by atoms with Gasteiger partial charge in [0.2, 0.25) is 0 Å². The maximum Gasteiger partial charge on any atom is 0.107 e. The molecule has 0 spiro atoms. The van der Waals surface area contributed by atoms with Crippen LogP contribution in [0.2, 0.25) is 0 Å². The molecule has 0 bridgehead atoms. The average molecular weight is 239 g/mol. The Hall–Kier alpha value is -1.23. The Kier molecular flexibility index (Phi) is 2.10. The minimum Gasteiger partial charge on any atom is -0.246 e. The lowest BCUT2D eigenvalue weighted by atomic mass is 10.3. The molecular weight excluding hydrogens is 232 g/mol. The average Bonchev–Trinajstić information content (AvgIpc) is 2.51. The van der Waals surface area contributed by atoms with Gasteiger partial charge in [0.15, 0.2) is 0 Å². The largest absolute Gasteiger partial charge is 0.246 e. The lowest BCUT2D eigenvalue weighted by Crippen LogP contribution is -1.95. The molecule has 0 aliphatic heterocycles. The summed E-state index contributed by atoms with van der Waals surface area (Å²) in [5, 5.41) is 7.62. The monoisotopic (exact) mass is 238 g/mol. The fourth-order valence-corrected chi connectivity index (χ4v) is 1.42. The van der Waals surface area contributed by atoms with E-state index in [1.165, 1.54) is 0 Å². The van der Waals surface area contributed by atoms with Crippen molar-refractivity contribution in [1.29, 1.82) is 0 Å². The van der Waals surface area contributed by atoms with Crippen molar-refractivity contribution in [2.75, 3.05) is 0 Å². The molecule has 0 saturated heterocycles. The summed E-state index contributed by atoms with van der Waals surface area (Å²) in [6.45, 7) is 0. The Morgan fingerprint density at radius 3 is 2.85 bits per heavy atom. The number of rotatable bonds is 1. The van der Waals surface area contributed by atoms with E-state index in [0.29, 0.717) is 0 Å². The Labute approximate surface area is 83.7 Å². The third-order valence-corrected chi connectivity index (χ3v) is 2.13. The molecule has 0 saturated carbocycles. The third kappa shape index (κ3) is 1.60. The van der Waals surface area contributed by atoms with Crippen LogP contribution >= 0.6 is 15.9 Å². The number of hydrogen-bond donors (Lipinski definition) is 0. The fourth-order valence-electron chi connectivity index (χ4n) is 1.07. The van der Waals surface area contributed by atoms with Gasteiger partial charge in [-0.15, -0.1) is 5.10 Å². The molecule has 0 atom stereocenters. The summed E-state index contributed by atoms with van der Waals surface area (Å²) in [6, 6.07) is 5.73. The van der Waals surface area contributed by atoms with Gasteiger partial charge in [-0.2, -0.15) is 0 Å². The summed E-state index contributed by atoms with van der Waals surface area (Å²) in [7, 11) is 1.84. The minimum atomic E-state index is 0.811. The number of halogens is 1. The van der Waals surface area contributed by atoms with Gasteiger partial charge in [-0.1, -0.05) is 11.3 Å². The van der Waals surface area contributed by atoms with Crippen LogP contribution in [-0.4, -0.2) is 20.0 Å². The van der Waals surface area contributed by atoms with E-state index in [1.807, 2.05) is 25.2 Å². The van der Waals surface area contributed by atoms with Crippen LogP contribution in [0.4, 0.5) is 0 Å². The van der Waals surface area contributed by atoms with Crippen LogP contribution in [0, 0.1) is 0 Å². The first kappa shape index (κ1) is 8.37. The van der Waals surface area contributed by atoms with Gasteiger partial charge in [0, 0.05) is 7.05 Å². The lowest BCUT2D eigenvalue weighted by Gasteiger charge is -1.99. The number of pyridine rings is 1. The van der Waals surface area contributed by atoms with E-state index in [4.69, 9.17) is 0 Å². The molecule has 2 aromatic rings. The topological polar surface area (TPSA) is 43.6 Å². The van der Waals surface area contributed by atoms with Gasteiger partial charge in [-0.25, -0.2) is 9.67 Å². The third-order valence-electron chi connectivity index (χ3n) is 1.69. The van der Waals surface area contributed by atoms with Crippen molar-refractivity contribution in [3.63, 3.8) is 0 Å². The van der Waals surface area contributed by atoms with Gasteiger partial charge in [0.05, 0.1) is 11.9 Å². The molecule has 2 aromatic heterocycles. The predicted molar refractivity (Wildman–Crippen MR) is 51.9 cm³/mol. The molecule has 0 radical (unpaired) electrons. The van der Waals surface area contributed by atoms with Crippen molar-refractivity contribution in [3.05, 3.63) is 29.0 Å². The van der Waals surface area contributed by atoms with Crippen molar-refractivity contribution in [2.24, 2.45) is 7.05 Å². The van der Waals surface area contributed by atoms with Crippen LogP contribution in [0.15, 0.2) is 29.0 Å². The van der Waals surface area contributed by atoms with Crippen molar-refractivity contribution < 1.29 is 0 Å². The SMILES string of the molecule is Cn1nncc1-c1cccc(Br)n1. The number of aryl methyl sites for hydroxylation is 1. The summed E-state index contributed by atoms with van der Waals surface area (Å²) in [4.78, 5) is 4.29. The highest BCUT2D eigenvalue weighted by molar-refractivity contribution is 9.10. The lowest BCUT2D eigenvalue weighted by molar-refractivity contribution is 0.719. The van der Waals surface area contributed by atoms with E-state index in [1.54, 1.807) is 10.9 Å². The van der Waals surface area contributed by atoms with Crippen LogP contribution in [0.3, 0.4) is 0 Å². The van der Waals surface area contributed by atoms with E-state index in [-0.39, 0.29) is 0 Å². The molecule has 0 fully saturated rings. The molecule has 2 rings (SSSR count). The number of aromatic nitrogens is 4. The van der Waals surface area contributed by atoms with E-state index < -0.39 is 0 Å². The Balaban J connectivity index is 2.53. The van der Waals surface area contributed by atoms with Gasteiger partial charge in [-0.05, 0) is 28.1 Å². The van der Waals surface area contributed by atoms with Crippen molar-refractivity contribution in [1.82, 2.24) is 20.0 Å². The zero-order valence-corrected chi connectivity index (χ0v) is 8.56. The molecule has 0 aliphatic rings. The molecule has 0 unspecified atom stereocenters. The first-order valence-corrected chi connectivity index (χ1v) is 4.54. The van der Waals surface area contributed by atoms with Gasteiger partial charge >= 0.3 is 0 Å². The summed E-state index contributed by atoms with van der Waals surface area (Å²) in [5.41, 5.74) is 1.77. The van der Waals surface area contributed by atoms with Gasteiger partial charge in [-0.3, -0.25) is 0 Å². The second kappa shape index (κ2) is 3.26. The van der Waals surface area contributed by atoms with Crippen LogP contribution in [-0.2, 0) is 7.05 Å². The highest BCUT2D eigenvalue weighted by Gasteiger charge is 2.04. The van der Waals surface area contributed by atoms with Crippen LogP contribution in [0.1, 0.15) is 0 Å². The van der Waals surface area contributed by atoms with Gasteiger partial charge in [0.1, 0.15) is 10.3 Å². The maximum absolute atomic E-state index is 4.29. The molecule has 2 heterocycles. The highest BCUT2D eigenvalue weighted by atomic mass is 79.9. The van der Waals surface area contributed by atoms with E-state index in [9.17, 15) is 0 Å². The minimum absolute atomic E-state index is 0.811. The van der Waals surface area contributed by atoms with Crippen molar-refractivity contribution in [2.45, 2.75) is 0 Å². The Bertz CT molecular complexity index is 424. The normalized spacial score (nSPS) is 10.3. The molecule has 0 N–H and O–H groups in total. The predicted octanol–water partition coefficient (Wildman–Crippen LogP) is 1.64. The summed E-state index contributed by atoms with van der Waals surface area (Å²) in [5.74, 6) is 0. The zero-order valence-electron chi connectivity index (χ0n) is 6.98. The molecule has 13 heavy (non-hydrogen) atoms.